The monoisotopic (exact) mass is 343 g/mol. The van der Waals surface area contributed by atoms with Crippen molar-refractivity contribution in [2.24, 2.45) is 0 Å². The van der Waals surface area contributed by atoms with Crippen molar-refractivity contribution in [3.05, 3.63) is 40.3 Å². The lowest BCUT2D eigenvalue weighted by Crippen LogP contribution is -2.21. The van der Waals surface area contributed by atoms with E-state index >= 15 is 0 Å². The van der Waals surface area contributed by atoms with Crippen LogP contribution in [0, 0.1) is 6.92 Å². The molecule has 4 heteroatoms. The van der Waals surface area contributed by atoms with Crippen molar-refractivity contribution in [1.29, 1.82) is 0 Å². The fraction of sp³-hybridized carbons (Fsp3) is 0.450. The molecule has 2 aromatic rings. The molecule has 0 saturated heterocycles. The van der Waals surface area contributed by atoms with Crippen LogP contribution in [0.5, 0.6) is 0 Å². The van der Waals surface area contributed by atoms with Crippen LogP contribution in [0.1, 0.15) is 59.8 Å². The summed E-state index contributed by atoms with van der Waals surface area (Å²) in [7, 11) is 0. The molecule has 1 aliphatic carbocycles. The fourth-order valence-electron chi connectivity index (χ4n) is 3.42. The van der Waals surface area contributed by atoms with Crippen LogP contribution < -0.4 is 5.73 Å². The number of hydrogen-bond donors (Lipinski definition) is 1. The molecule has 0 radical (unpaired) electrons. The van der Waals surface area contributed by atoms with Crippen molar-refractivity contribution < 1.29 is 9.53 Å². The van der Waals surface area contributed by atoms with Crippen molar-refractivity contribution >= 4 is 22.3 Å². The predicted octanol–water partition coefficient (Wildman–Crippen LogP) is 5.36. The molecule has 1 saturated carbocycles. The van der Waals surface area contributed by atoms with Gasteiger partial charge in [-0.2, -0.15) is 0 Å². The number of thiophene rings is 1. The molecule has 0 atom stereocenters. The first-order valence-corrected chi connectivity index (χ1v) is 9.61. The van der Waals surface area contributed by atoms with Crippen LogP contribution in [0.3, 0.4) is 0 Å². The summed E-state index contributed by atoms with van der Waals surface area (Å²) in [6.07, 6.45) is 6.50. The van der Waals surface area contributed by atoms with E-state index in [1.54, 1.807) is 0 Å². The van der Waals surface area contributed by atoms with E-state index in [1.165, 1.54) is 23.3 Å². The predicted molar refractivity (Wildman–Crippen MR) is 101 cm³/mol. The zero-order valence-electron chi connectivity index (χ0n) is 14.4. The second-order valence-electron chi connectivity index (χ2n) is 6.49. The molecule has 0 unspecified atom stereocenters. The van der Waals surface area contributed by atoms with Crippen molar-refractivity contribution in [2.75, 3.05) is 5.73 Å². The van der Waals surface area contributed by atoms with E-state index in [9.17, 15) is 4.79 Å². The maximum atomic E-state index is 12.8. The number of nitrogens with two attached hydrogens (primary N) is 1. The number of carbonyl (C=O) groups excluding carboxylic acids is 1. The van der Waals surface area contributed by atoms with Crippen molar-refractivity contribution in [1.82, 2.24) is 0 Å². The number of nitrogen functional groups attached to an aromatic ring is 1. The second kappa shape index (κ2) is 7.39. The smallest absolute Gasteiger partial charge is 0.342 e. The molecule has 1 aromatic heterocycles. The molecule has 1 aromatic carbocycles. The average Bonchev–Trinajstić information content (AvgIpc) is 2.90. The highest BCUT2D eigenvalue weighted by Gasteiger charge is 2.26. The van der Waals surface area contributed by atoms with Crippen LogP contribution in [-0.4, -0.2) is 12.1 Å². The second-order valence-corrected chi connectivity index (χ2v) is 7.74. The lowest BCUT2D eigenvalue weighted by Gasteiger charge is -2.22. The van der Waals surface area contributed by atoms with Crippen molar-refractivity contribution in [2.45, 2.75) is 58.5 Å². The summed E-state index contributed by atoms with van der Waals surface area (Å²) in [5.74, 6) is -0.265. The molecular weight excluding hydrogens is 318 g/mol. The van der Waals surface area contributed by atoms with Gasteiger partial charge in [0.05, 0.1) is 0 Å². The molecule has 0 amide bonds. The topological polar surface area (TPSA) is 52.3 Å². The van der Waals surface area contributed by atoms with E-state index in [-0.39, 0.29) is 12.1 Å². The van der Waals surface area contributed by atoms with Crippen molar-refractivity contribution in [3.63, 3.8) is 0 Å². The Hall–Kier alpha value is -1.81. The third-order valence-electron chi connectivity index (χ3n) is 4.79. The third-order valence-corrected chi connectivity index (χ3v) is 5.73. The maximum absolute atomic E-state index is 12.8. The number of esters is 1. The minimum absolute atomic E-state index is 0.0428. The zero-order chi connectivity index (χ0) is 17.1. The van der Waals surface area contributed by atoms with E-state index in [0.717, 1.165) is 48.1 Å². The SMILES string of the molecule is CCc1ccc(-c2c(C)sc(N)c2C(=O)OC2CCCCC2)cc1. The maximum Gasteiger partial charge on any atom is 0.342 e. The number of carbonyl (C=O) groups is 1. The molecule has 1 aliphatic rings. The van der Waals surface area contributed by atoms with Crippen molar-refractivity contribution in [3.8, 4) is 11.1 Å². The molecule has 0 spiro atoms. The fourth-order valence-corrected chi connectivity index (χ4v) is 4.36. The van der Waals surface area contributed by atoms with Crippen LogP contribution in [0.15, 0.2) is 24.3 Å². The van der Waals surface area contributed by atoms with Gasteiger partial charge in [-0.25, -0.2) is 4.79 Å². The molecule has 3 nitrogen and oxygen atoms in total. The average molecular weight is 343 g/mol. The van der Waals surface area contributed by atoms with Gasteiger partial charge < -0.3 is 10.5 Å². The van der Waals surface area contributed by atoms with Gasteiger partial charge in [-0.15, -0.1) is 11.3 Å². The molecule has 0 aliphatic heterocycles. The number of ether oxygens (including phenoxy) is 1. The molecule has 1 fully saturated rings. The molecule has 0 bridgehead atoms. The van der Waals surface area contributed by atoms with Crippen LogP contribution in [0.25, 0.3) is 11.1 Å². The zero-order valence-corrected chi connectivity index (χ0v) is 15.2. The summed E-state index contributed by atoms with van der Waals surface area (Å²) < 4.78 is 5.77. The van der Waals surface area contributed by atoms with Gasteiger partial charge in [0.25, 0.3) is 0 Å². The Bertz CT molecular complexity index is 712. The standard InChI is InChI=1S/C20H25NO2S/c1-3-14-9-11-15(12-10-14)17-13(2)24-19(21)18(17)20(22)23-16-7-5-4-6-8-16/h9-12,16H,3-8,21H2,1-2H3. The Morgan fingerprint density at radius 3 is 2.50 bits per heavy atom. The summed E-state index contributed by atoms with van der Waals surface area (Å²) in [5.41, 5.74) is 9.96. The lowest BCUT2D eigenvalue weighted by atomic mass is 9.97. The summed E-state index contributed by atoms with van der Waals surface area (Å²) in [4.78, 5) is 13.8. The highest BCUT2D eigenvalue weighted by Crippen LogP contribution is 2.39. The Labute approximate surface area is 147 Å². The first-order valence-electron chi connectivity index (χ1n) is 8.79. The number of hydrogen-bond acceptors (Lipinski definition) is 4. The van der Waals surface area contributed by atoms with Gasteiger partial charge in [-0.05, 0) is 50.2 Å². The first kappa shape index (κ1) is 17.0. The molecule has 3 rings (SSSR count). The molecule has 2 N–H and O–H groups in total. The Morgan fingerprint density at radius 2 is 1.88 bits per heavy atom. The quantitative estimate of drug-likeness (QED) is 0.761. The van der Waals surface area contributed by atoms with Gasteiger partial charge in [0.1, 0.15) is 16.7 Å². The van der Waals surface area contributed by atoms with E-state index in [0.29, 0.717) is 10.6 Å². The minimum Gasteiger partial charge on any atom is -0.459 e. The first-order chi connectivity index (χ1) is 11.6. The Morgan fingerprint density at radius 1 is 1.21 bits per heavy atom. The summed E-state index contributed by atoms with van der Waals surface area (Å²) in [6.45, 7) is 4.15. The lowest BCUT2D eigenvalue weighted by molar-refractivity contribution is 0.0213. The van der Waals surface area contributed by atoms with Gasteiger partial charge in [0, 0.05) is 10.4 Å². The van der Waals surface area contributed by atoms with Crippen LogP contribution in [0.4, 0.5) is 5.00 Å². The van der Waals surface area contributed by atoms with Crippen LogP contribution in [-0.2, 0) is 11.2 Å². The molecular formula is C20H25NO2S. The van der Waals surface area contributed by atoms with Crippen LogP contribution in [0.2, 0.25) is 0 Å². The summed E-state index contributed by atoms with van der Waals surface area (Å²) >= 11 is 1.47. The number of benzene rings is 1. The molecule has 24 heavy (non-hydrogen) atoms. The third kappa shape index (κ3) is 3.48. The Kier molecular flexibility index (Phi) is 5.24. The van der Waals surface area contributed by atoms with Gasteiger partial charge in [0.2, 0.25) is 0 Å². The Balaban J connectivity index is 1.90. The van der Waals surface area contributed by atoms with E-state index in [2.05, 4.69) is 31.2 Å². The summed E-state index contributed by atoms with van der Waals surface area (Å²) in [5, 5.41) is 0.558. The highest BCUT2D eigenvalue weighted by atomic mass is 32.1. The minimum atomic E-state index is -0.265. The number of aryl methyl sites for hydroxylation is 2. The van der Waals surface area contributed by atoms with Gasteiger partial charge in [-0.1, -0.05) is 37.6 Å². The summed E-state index contributed by atoms with van der Waals surface area (Å²) in [6, 6.07) is 8.37. The van der Waals surface area contributed by atoms with E-state index in [1.807, 2.05) is 6.92 Å². The highest BCUT2D eigenvalue weighted by molar-refractivity contribution is 7.16. The number of rotatable bonds is 4. The molecule has 128 valence electrons. The van der Waals surface area contributed by atoms with Crippen LogP contribution >= 0.6 is 11.3 Å². The largest absolute Gasteiger partial charge is 0.459 e. The van der Waals surface area contributed by atoms with Gasteiger partial charge in [0.15, 0.2) is 0 Å². The van der Waals surface area contributed by atoms with Gasteiger partial charge >= 0.3 is 5.97 Å². The van der Waals surface area contributed by atoms with E-state index in [4.69, 9.17) is 10.5 Å². The molecule has 1 heterocycles. The van der Waals surface area contributed by atoms with Gasteiger partial charge in [-0.3, -0.25) is 0 Å². The number of anilines is 1. The van der Waals surface area contributed by atoms with E-state index < -0.39 is 0 Å². The normalized spacial score (nSPS) is 15.4.